The zero-order chi connectivity index (χ0) is 24.3. The van der Waals surface area contributed by atoms with Crippen molar-refractivity contribution < 1.29 is 4.65 Å². The maximum Gasteiger partial charge on any atom is 0.0781 e. The number of hydroxylamine groups is 3. The summed E-state index contributed by atoms with van der Waals surface area (Å²) in [4.78, 5) is 0. The van der Waals surface area contributed by atoms with Crippen LogP contribution in [0.25, 0.3) is 0 Å². The Hall–Kier alpha value is -0.0800. The van der Waals surface area contributed by atoms with Crippen LogP contribution in [0, 0.1) is 5.21 Å². The van der Waals surface area contributed by atoms with Gasteiger partial charge in [-0.15, -0.1) is 0 Å². The summed E-state index contributed by atoms with van der Waals surface area (Å²) in [6, 6.07) is 0. The van der Waals surface area contributed by atoms with Gasteiger partial charge < -0.3 is 9.85 Å². The minimum atomic E-state index is -0.00434. The van der Waals surface area contributed by atoms with Crippen LogP contribution in [0.15, 0.2) is 0 Å². The molecule has 200 valence electrons. The van der Waals surface area contributed by atoms with Crippen LogP contribution in [0.5, 0.6) is 0 Å². The lowest BCUT2D eigenvalue weighted by Gasteiger charge is -2.39. The first-order chi connectivity index (χ1) is 16.1. The summed E-state index contributed by atoms with van der Waals surface area (Å²) in [5.41, 5.74) is 0. The Bertz CT molecular complexity index is 355. The van der Waals surface area contributed by atoms with E-state index in [0.717, 1.165) is 25.9 Å². The van der Waals surface area contributed by atoms with Gasteiger partial charge in [-0.1, -0.05) is 155 Å². The van der Waals surface area contributed by atoms with Gasteiger partial charge >= 0.3 is 0 Å². The van der Waals surface area contributed by atoms with Crippen molar-refractivity contribution in [1.29, 1.82) is 0 Å². The second-order valence-electron chi connectivity index (χ2n) is 11.2. The molecular weight excluding hydrogens is 402 g/mol. The van der Waals surface area contributed by atoms with Gasteiger partial charge in [0.25, 0.3) is 0 Å². The molecule has 0 fully saturated rings. The molecule has 0 saturated carbocycles. The molecule has 0 aromatic carbocycles. The molecule has 0 radical (unpaired) electrons. The fourth-order valence-corrected chi connectivity index (χ4v) is 5.04. The SMILES string of the molecule is CCCCCCCCCCCCCCCCCC[N+](C)([O-])CCCCCCCCCCCC. The molecule has 0 bridgehead atoms. The number of quaternary nitrogens is 1. The summed E-state index contributed by atoms with van der Waals surface area (Å²) in [6.45, 7) is 6.23. The second kappa shape index (κ2) is 26.5. The summed E-state index contributed by atoms with van der Waals surface area (Å²) in [6.07, 6.45) is 35.7. The topological polar surface area (TPSA) is 23.1 Å². The van der Waals surface area contributed by atoms with Gasteiger partial charge in [-0.3, -0.25) is 0 Å². The van der Waals surface area contributed by atoms with E-state index in [9.17, 15) is 5.21 Å². The van der Waals surface area contributed by atoms with Crippen molar-refractivity contribution in [2.24, 2.45) is 0 Å². The van der Waals surface area contributed by atoms with Crippen molar-refractivity contribution in [1.82, 2.24) is 0 Å². The summed E-state index contributed by atoms with van der Waals surface area (Å²) < 4.78 is -0.00434. The van der Waals surface area contributed by atoms with E-state index in [4.69, 9.17) is 0 Å². The highest BCUT2D eigenvalue weighted by molar-refractivity contribution is 4.52. The summed E-state index contributed by atoms with van der Waals surface area (Å²) in [7, 11) is 1.90. The number of hydrogen-bond donors (Lipinski definition) is 0. The first-order valence-corrected chi connectivity index (χ1v) is 15.7. The average molecular weight is 468 g/mol. The first kappa shape index (κ1) is 32.9. The molecule has 0 aromatic heterocycles. The second-order valence-corrected chi connectivity index (χ2v) is 11.2. The van der Waals surface area contributed by atoms with Gasteiger partial charge in [-0.2, -0.15) is 0 Å². The molecule has 2 heteroatoms. The van der Waals surface area contributed by atoms with E-state index in [0.29, 0.717) is 0 Å². The van der Waals surface area contributed by atoms with Gasteiger partial charge in [0.1, 0.15) is 0 Å². The molecule has 0 saturated heterocycles. The van der Waals surface area contributed by atoms with Gasteiger partial charge in [0, 0.05) is 0 Å². The molecule has 1 atom stereocenters. The standard InChI is InChI=1S/C31H65NO/c1-4-6-8-10-12-14-16-17-18-19-20-21-23-25-27-29-31-32(3,33)30-28-26-24-22-15-13-11-9-7-5-2/h4-31H2,1-3H3. The largest absolute Gasteiger partial charge is 0.633 e. The van der Waals surface area contributed by atoms with Crippen LogP contribution in [0.3, 0.4) is 0 Å². The Morgan fingerprint density at radius 1 is 0.333 bits per heavy atom. The summed E-state index contributed by atoms with van der Waals surface area (Å²) in [5.74, 6) is 0. The molecule has 0 aliphatic heterocycles. The van der Waals surface area contributed by atoms with E-state index in [1.807, 2.05) is 7.05 Å². The molecule has 0 aliphatic carbocycles. The molecule has 0 amide bonds. The van der Waals surface area contributed by atoms with Crippen LogP contribution in [0.2, 0.25) is 0 Å². The van der Waals surface area contributed by atoms with Crippen LogP contribution < -0.4 is 0 Å². The van der Waals surface area contributed by atoms with Gasteiger partial charge in [0.2, 0.25) is 0 Å². The molecule has 0 rings (SSSR count). The fourth-order valence-electron chi connectivity index (χ4n) is 5.04. The van der Waals surface area contributed by atoms with Gasteiger partial charge in [-0.25, -0.2) is 0 Å². The third kappa shape index (κ3) is 28.0. The van der Waals surface area contributed by atoms with Crippen LogP contribution in [0.1, 0.15) is 181 Å². The molecule has 0 aromatic rings. The highest BCUT2D eigenvalue weighted by Gasteiger charge is 2.09. The third-order valence-corrected chi connectivity index (χ3v) is 7.47. The lowest BCUT2D eigenvalue weighted by molar-refractivity contribution is -0.861. The lowest BCUT2D eigenvalue weighted by Crippen LogP contribution is -2.39. The normalized spacial score (nSPS) is 13.5. The van der Waals surface area contributed by atoms with Crippen LogP contribution >= 0.6 is 0 Å². The molecule has 0 aliphatic rings. The van der Waals surface area contributed by atoms with Crippen LogP contribution in [-0.4, -0.2) is 24.8 Å². The van der Waals surface area contributed by atoms with E-state index >= 15 is 0 Å². The van der Waals surface area contributed by atoms with E-state index in [1.54, 1.807) is 0 Å². The highest BCUT2D eigenvalue weighted by Crippen LogP contribution is 2.15. The van der Waals surface area contributed by atoms with Crippen molar-refractivity contribution in [2.75, 3.05) is 20.1 Å². The number of hydrogen-bond acceptors (Lipinski definition) is 1. The number of unbranched alkanes of at least 4 members (excludes halogenated alkanes) is 24. The number of nitrogens with zero attached hydrogens (tertiary/aromatic N) is 1. The Labute approximate surface area is 210 Å². The minimum absolute atomic E-state index is 0.00434. The molecule has 33 heavy (non-hydrogen) atoms. The zero-order valence-corrected chi connectivity index (χ0v) is 23.7. The Kier molecular flexibility index (Phi) is 26.5. The zero-order valence-electron chi connectivity index (χ0n) is 23.7. The van der Waals surface area contributed by atoms with Gasteiger partial charge in [0.05, 0.1) is 20.1 Å². The monoisotopic (exact) mass is 468 g/mol. The van der Waals surface area contributed by atoms with Crippen molar-refractivity contribution in [3.8, 4) is 0 Å². The van der Waals surface area contributed by atoms with Crippen molar-refractivity contribution in [3.05, 3.63) is 5.21 Å². The fraction of sp³-hybridized carbons (Fsp3) is 1.00. The van der Waals surface area contributed by atoms with Gasteiger partial charge in [-0.05, 0) is 25.7 Å². The Morgan fingerprint density at radius 3 is 0.727 bits per heavy atom. The third-order valence-electron chi connectivity index (χ3n) is 7.47. The minimum Gasteiger partial charge on any atom is -0.633 e. The quantitative estimate of drug-likeness (QED) is 0.0637. The lowest BCUT2D eigenvalue weighted by atomic mass is 10.0. The van der Waals surface area contributed by atoms with E-state index in [-0.39, 0.29) is 4.65 Å². The van der Waals surface area contributed by atoms with Crippen LogP contribution in [-0.2, 0) is 0 Å². The molecule has 0 heterocycles. The van der Waals surface area contributed by atoms with Crippen molar-refractivity contribution >= 4 is 0 Å². The molecule has 0 spiro atoms. The maximum atomic E-state index is 12.6. The van der Waals surface area contributed by atoms with Crippen molar-refractivity contribution in [2.45, 2.75) is 181 Å². The van der Waals surface area contributed by atoms with Crippen molar-refractivity contribution in [3.63, 3.8) is 0 Å². The van der Waals surface area contributed by atoms with E-state index in [2.05, 4.69) is 13.8 Å². The van der Waals surface area contributed by atoms with Crippen LogP contribution in [0.4, 0.5) is 0 Å². The Balaban J connectivity index is 3.27. The Morgan fingerprint density at radius 2 is 0.515 bits per heavy atom. The molecule has 2 nitrogen and oxygen atoms in total. The summed E-state index contributed by atoms with van der Waals surface area (Å²) >= 11 is 0. The number of rotatable bonds is 28. The molecule has 1 unspecified atom stereocenters. The molecule has 0 N–H and O–H groups in total. The first-order valence-electron chi connectivity index (χ1n) is 15.7. The smallest absolute Gasteiger partial charge is 0.0781 e. The molecular formula is C31H65NO. The maximum absolute atomic E-state index is 12.6. The predicted octanol–water partition coefficient (Wildman–Crippen LogP) is 11.1. The van der Waals surface area contributed by atoms with E-state index < -0.39 is 0 Å². The van der Waals surface area contributed by atoms with Gasteiger partial charge in [0.15, 0.2) is 0 Å². The highest BCUT2D eigenvalue weighted by atomic mass is 16.5. The predicted molar refractivity (Wildman–Crippen MR) is 151 cm³/mol. The average Bonchev–Trinajstić information content (AvgIpc) is 2.80. The summed E-state index contributed by atoms with van der Waals surface area (Å²) in [5, 5.41) is 12.6. The van der Waals surface area contributed by atoms with E-state index in [1.165, 1.54) is 154 Å².